The fraction of sp³-hybridized carbons (Fsp3) is 0.290. The third-order valence-corrected chi connectivity index (χ3v) is 6.42. The van der Waals surface area contributed by atoms with Crippen LogP contribution in [0.2, 0.25) is 0 Å². The molecule has 1 unspecified atom stereocenters. The largest absolute Gasteiger partial charge is 0.507 e. The van der Waals surface area contributed by atoms with Crippen LogP contribution in [0.1, 0.15) is 42.1 Å². The molecule has 7 heteroatoms. The molecule has 1 heterocycles. The Balaban J connectivity index is 1.79. The van der Waals surface area contributed by atoms with Crippen molar-refractivity contribution in [2.75, 3.05) is 20.8 Å². The molecular weight excluding hydrogens is 482 g/mol. The van der Waals surface area contributed by atoms with Gasteiger partial charge in [0.05, 0.1) is 38.0 Å². The van der Waals surface area contributed by atoms with Gasteiger partial charge in [-0.3, -0.25) is 9.59 Å². The molecule has 0 aliphatic carbocycles. The molecule has 0 bridgehead atoms. The molecule has 7 nitrogen and oxygen atoms in total. The molecule has 3 aromatic carbocycles. The van der Waals surface area contributed by atoms with Crippen molar-refractivity contribution in [1.82, 2.24) is 4.90 Å². The summed E-state index contributed by atoms with van der Waals surface area (Å²) in [7, 11) is 2.99. The molecular formula is C31H33NO6. The standard InChI is InChI=1S/C31H33NO6/c1-19(2)18-38-23-11-9-21(10-12-23)17-32-28(22-8-6-7-20(3)15-22)27(30(34)31(32)35)29(33)25-16-24(36-4)13-14-26(25)37-5/h6-16,19,28,33H,17-18H2,1-5H3/b29-27+. The van der Waals surface area contributed by atoms with Crippen LogP contribution in [0.25, 0.3) is 5.76 Å². The summed E-state index contributed by atoms with van der Waals surface area (Å²) < 4.78 is 16.5. The molecule has 0 aromatic heterocycles. The van der Waals surface area contributed by atoms with Crippen molar-refractivity contribution >= 4 is 17.4 Å². The maximum absolute atomic E-state index is 13.4. The summed E-state index contributed by atoms with van der Waals surface area (Å²) in [5.74, 6) is 0.230. The van der Waals surface area contributed by atoms with Gasteiger partial charge in [-0.15, -0.1) is 0 Å². The highest BCUT2D eigenvalue weighted by Gasteiger charge is 2.46. The average molecular weight is 516 g/mol. The summed E-state index contributed by atoms with van der Waals surface area (Å²) in [5.41, 5.74) is 2.81. The van der Waals surface area contributed by atoms with E-state index in [0.29, 0.717) is 24.0 Å². The van der Waals surface area contributed by atoms with Crippen LogP contribution in [-0.2, 0) is 16.1 Å². The van der Waals surface area contributed by atoms with Crippen LogP contribution < -0.4 is 14.2 Å². The van der Waals surface area contributed by atoms with Crippen molar-refractivity contribution in [3.63, 3.8) is 0 Å². The van der Waals surface area contributed by atoms with E-state index in [0.717, 1.165) is 22.4 Å². The van der Waals surface area contributed by atoms with Gasteiger partial charge in [0.1, 0.15) is 23.0 Å². The van der Waals surface area contributed by atoms with E-state index in [2.05, 4.69) is 13.8 Å². The number of carbonyl (C=O) groups is 2. The lowest BCUT2D eigenvalue weighted by Gasteiger charge is -2.26. The zero-order valence-electron chi connectivity index (χ0n) is 22.4. The van der Waals surface area contributed by atoms with E-state index in [1.165, 1.54) is 19.1 Å². The number of rotatable bonds is 9. The normalized spacial score (nSPS) is 16.7. The molecule has 1 aliphatic heterocycles. The van der Waals surface area contributed by atoms with Crippen LogP contribution in [-0.4, -0.2) is 42.5 Å². The zero-order chi connectivity index (χ0) is 27.4. The topological polar surface area (TPSA) is 85.3 Å². The highest BCUT2D eigenvalue weighted by Crippen LogP contribution is 2.42. The van der Waals surface area contributed by atoms with Gasteiger partial charge in [0.25, 0.3) is 11.7 Å². The minimum Gasteiger partial charge on any atom is -0.507 e. The van der Waals surface area contributed by atoms with Crippen LogP contribution >= 0.6 is 0 Å². The van der Waals surface area contributed by atoms with Crippen LogP contribution in [0.15, 0.2) is 72.3 Å². The number of methoxy groups -OCH3 is 2. The third kappa shape index (κ3) is 5.52. The Kier molecular flexibility index (Phi) is 8.05. The third-order valence-electron chi connectivity index (χ3n) is 6.42. The summed E-state index contributed by atoms with van der Waals surface area (Å²) in [6.45, 7) is 6.89. The number of ether oxygens (including phenoxy) is 3. The van der Waals surface area contributed by atoms with Crippen molar-refractivity contribution in [1.29, 1.82) is 0 Å². The smallest absolute Gasteiger partial charge is 0.295 e. The first kappa shape index (κ1) is 26.8. The molecule has 1 amide bonds. The van der Waals surface area contributed by atoms with E-state index in [1.54, 1.807) is 18.2 Å². The molecule has 0 radical (unpaired) electrons. The second-order valence-corrected chi connectivity index (χ2v) is 9.76. The molecule has 38 heavy (non-hydrogen) atoms. The lowest BCUT2D eigenvalue weighted by molar-refractivity contribution is -0.140. The Bertz CT molecular complexity index is 1360. The first-order valence-electron chi connectivity index (χ1n) is 12.5. The molecule has 3 aromatic rings. The van der Waals surface area contributed by atoms with Crippen LogP contribution in [0, 0.1) is 12.8 Å². The van der Waals surface area contributed by atoms with Gasteiger partial charge in [-0.1, -0.05) is 55.8 Å². The first-order chi connectivity index (χ1) is 18.2. The number of likely N-dealkylation sites (tertiary alicyclic amines) is 1. The fourth-order valence-electron chi connectivity index (χ4n) is 4.52. The Hall–Kier alpha value is -4.26. The molecule has 1 saturated heterocycles. The quantitative estimate of drug-likeness (QED) is 0.225. The number of hydrogen-bond acceptors (Lipinski definition) is 6. The summed E-state index contributed by atoms with van der Waals surface area (Å²) in [6, 6.07) is 19.2. The lowest BCUT2D eigenvalue weighted by atomic mass is 9.94. The number of aryl methyl sites for hydroxylation is 1. The van der Waals surface area contributed by atoms with Gasteiger partial charge < -0.3 is 24.2 Å². The van der Waals surface area contributed by atoms with E-state index < -0.39 is 17.7 Å². The van der Waals surface area contributed by atoms with E-state index in [9.17, 15) is 14.7 Å². The molecule has 0 spiro atoms. The van der Waals surface area contributed by atoms with Crippen molar-refractivity contribution in [2.24, 2.45) is 5.92 Å². The van der Waals surface area contributed by atoms with Gasteiger partial charge in [0.15, 0.2) is 0 Å². The Morgan fingerprint density at radius 1 is 0.947 bits per heavy atom. The number of amides is 1. The minimum absolute atomic E-state index is 0.00374. The van der Waals surface area contributed by atoms with Gasteiger partial charge in [-0.05, 0) is 54.3 Å². The molecule has 0 saturated carbocycles. The second kappa shape index (κ2) is 11.4. The predicted molar refractivity (Wildman–Crippen MR) is 145 cm³/mol. The number of ketones is 1. The van der Waals surface area contributed by atoms with Gasteiger partial charge in [0, 0.05) is 6.54 Å². The summed E-state index contributed by atoms with van der Waals surface area (Å²) in [4.78, 5) is 28.3. The van der Waals surface area contributed by atoms with E-state index in [-0.39, 0.29) is 23.4 Å². The number of nitrogens with zero attached hydrogens (tertiary/aromatic N) is 1. The van der Waals surface area contributed by atoms with Gasteiger partial charge >= 0.3 is 0 Å². The highest BCUT2D eigenvalue weighted by molar-refractivity contribution is 6.46. The number of Topliss-reactive ketones (excluding diaryl/α,β-unsaturated/α-hetero) is 1. The van der Waals surface area contributed by atoms with Crippen molar-refractivity contribution in [3.8, 4) is 17.2 Å². The number of hydrogen-bond donors (Lipinski definition) is 1. The van der Waals surface area contributed by atoms with Crippen LogP contribution in [0.4, 0.5) is 0 Å². The highest BCUT2D eigenvalue weighted by atomic mass is 16.5. The number of aliphatic hydroxyl groups excluding tert-OH is 1. The molecule has 1 fully saturated rings. The molecule has 1 N–H and O–H groups in total. The number of aliphatic hydroxyl groups is 1. The van der Waals surface area contributed by atoms with Gasteiger partial charge in [-0.25, -0.2) is 0 Å². The SMILES string of the molecule is COc1ccc(OC)c(/C(O)=C2\C(=O)C(=O)N(Cc3ccc(OCC(C)C)cc3)C2c2cccc(C)c2)c1. The average Bonchev–Trinajstić information content (AvgIpc) is 3.16. The molecule has 198 valence electrons. The fourth-order valence-corrected chi connectivity index (χ4v) is 4.52. The lowest BCUT2D eigenvalue weighted by Crippen LogP contribution is -2.29. The van der Waals surface area contributed by atoms with Crippen LogP contribution in [0.3, 0.4) is 0 Å². The maximum Gasteiger partial charge on any atom is 0.295 e. The molecule has 4 rings (SSSR count). The zero-order valence-corrected chi connectivity index (χ0v) is 22.4. The second-order valence-electron chi connectivity index (χ2n) is 9.76. The molecule has 1 aliphatic rings. The summed E-state index contributed by atoms with van der Waals surface area (Å²) >= 11 is 0. The van der Waals surface area contributed by atoms with Gasteiger partial charge in [0.2, 0.25) is 0 Å². The Morgan fingerprint density at radius 3 is 2.29 bits per heavy atom. The van der Waals surface area contributed by atoms with Crippen molar-refractivity contribution < 1.29 is 28.9 Å². The van der Waals surface area contributed by atoms with Crippen molar-refractivity contribution in [3.05, 3.63) is 94.6 Å². The van der Waals surface area contributed by atoms with Crippen LogP contribution in [0.5, 0.6) is 17.2 Å². The van der Waals surface area contributed by atoms with E-state index in [1.807, 2.05) is 55.5 Å². The van der Waals surface area contributed by atoms with Gasteiger partial charge in [-0.2, -0.15) is 0 Å². The summed E-state index contributed by atoms with van der Waals surface area (Å²) in [6.07, 6.45) is 0. The van der Waals surface area contributed by atoms with Crippen molar-refractivity contribution in [2.45, 2.75) is 33.4 Å². The number of carbonyl (C=O) groups excluding carboxylic acids is 2. The number of benzene rings is 3. The monoisotopic (exact) mass is 515 g/mol. The minimum atomic E-state index is -0.789. The summed E-state index contributed by atoms with van der Waals surface area (Å²) in [5, 5.41) is 11.5. The Morgan fingerprint density at radius 2 is 1.66 bits per heavy atom. The maximum atomic E-state index is 13.4. The first-order valence-corrected chi connectivity index (χ1v) is 12.5. The molecule has 1 atom stereocenters. The van der Waals surface area contributed by atoms with E-state index in [4.69, 9.17) is 14.2 Å². The Labute approximate surface area is 223 Å². The predicted octanol–water partition coefficient (Wildman–Crippen LogP) is 5.67. The van der Waals surface area contributed by atoms with E-state index >= 15 is 0 Å².